The summed E-state index contributed by atoms with van der Waals surface area (Å²) >= 11 is 3.23. The lowest BCUT2D eigenvalue weighted by molar-refractivity contribution is -0.179. The maximum absolute atomic E-state index is 14.5. The van der Waals surface area contributed by atoms with Crippen molar-refractivity contribution in [1.82, 2.24) is 20.9 Å². The minimum atomic E-state index is -5.16. The van der Waals surface area contributed by atoms with E-state index in [0.717, 1.165) is 30.8 Å². The third kappa shape index (κ3) is 5.96. The molecule has 3 aliphatic heterocycles. The van der Waals surface area contributed by atoms with Crippen molar-refractivity contribution in [1.29, 1.82) is 0 Å². The van der Waals surface area contributed by atoms with Crippen molar-refractivity contribution in [3.63, 3.8) is 0 Å². The lowest BCUT2D eigenvalue weighted by Gasteiger charge is -2.59. The Bertz CT molecular complexity index is 1160. The molecule has 0 aromatic rings. The van der Waals surface area contributed by atoms with Crippen molar-refractivity contribution in [3.8, 4) is 0 Å². The van der Waals surface area contributed by atoms with Crippen LogP contribution in [-0.4, -0.2) is 87.4 Å². The molecule has 4 saturated carbocycles. The highest BCUT2D eigenvalue weighted by atomic mass is 32.2. The molecular weight excluding hydrogens is 607 g/mol. The minimum absolute atomic E-state index is 0.0136. The normalized spacial score (nSPS) is 35.6. The molecule has 4 bridgehead atoms. The Morgan fingerprint density at radius 3 is 2.12 bits per heavy atom. The van der Waals surface area contributed by atoms with E-state index >= 15 is 0 Å². The van der Waals surface area contributed by atoms with Crippen molar-refractivity contribution in [2.24, 2.45) is 34.8 Å². The van der Waals surface area contributed by atoms with Crippen LogP contribution < -0.4 is 21.7 Å². The van der Waals surface area contributed by atoms with Gasteiger partial charge in [-0.25, -0.2) is 0 Å². The van der Waals surface area contributed by atoms with E-state index in [1.807, 2.05) is 0 Å². The summed E-state index contributed by atoms with van der Waals surface area (Å²) in [7, 11) is 0. The molecule has 10 nitrogen and oxygen atoms in total. The molecule has 4 aliphatic carbocycles. The zero-order chi connectivity index (χ0) is 30.7. The van der Waals surface area contributed by atoms with Crippen molar-refractivity contribution in [2.45, 2.75) is 86.2 Å². The van der Waals surface area contributed by atoms with Crippen LogP contribution in [0.25, 0.3) is 0 Å². The molecule has 43 heavy (non-hydrogen) atoms. The number of thioether (sulfide) groups is 2. The number of hydrogen-bond donors (Lipinski definition) is 4. The Labute approximate surface area is 256 Å². The van der Waals surface area contributed by atoms with Gasteiger partial charge in [0, 0.05) is 42.3 Å². The van der Waals surface area contributed by atoms with Crippen LogP contribution >= 0.6 is 23.5 Å². The topological polar surface area (TPSA) is 151 Å². The van der Waals surface area contributed by atoms with Crippen molar-refractivity contribution >= 4 is 53.1 Å². The van der Waals surface area contributed by atoms with Crippen molar-refractivity contribution < 1.29 is 37.1 Å². The van der Waals surface area contributed by atoms with E-state index in [0.29, 0.717) is 50.0 Å². The number of nitrogens with zero attached hydrogens (tertiary/aromatic N) is 1. The van der Waals surface area contributed by atoms with Gasteiger partial charge in [-0.1, -0.05) is 0 Å². The molecule has 0 unspecified atom stereocenters. The van der Waals surface area contributed by atoms with Crippen molar-refractivity contribution in [2.75, 3.05) is 24.6 Å². The van der Waals surface area contributed by atoms with Crippen LogP contribution in [0.15, 0.2) is 0 Å². The van der Waals surface area contributed by atoms with Crippen LogP contribution in [0, 0.1) is 29.1 Å². The Balaban J connectivity index is 1.29. The van der Waals surface area contributed by atoms with Gasteiger partial charge >= 0.3 is 12.1 Å². The number of primary amides is 1. The fourth-order valence-electron chi connectivity index (χ4n) is 9.07. The van der Waals surface area contributed by atoms with Gasteiger partial charge in [0.2, 0.25) is 23.6 Å². The Morgan fingerprint density at radius 1 is 1.00 bits per heavy atom. The molecule has 7 fully saturated rings. The number of carbonyl (C=O) groups is 5. The maximum atomic E-state index is 14.5. The molecule has 238 valence electrons. The molecular formula is C28H38F3N5O5S2. The van der Waals surface area contributed by atoms with Gasteiger partial charge in [0.1, 0.15) is 18.1 Å². The first kappa shape index (κ1) is 30.8. The van der Waals surface area contributed by atoms with Gasteiger partial charge in [-0.15, -0.1) is 23.5 Å². The van der Waals surface area contributed by atoms with Crippen molar-refractivity contribution in [3.05, 3.63) is 0 Å². The molecule has 0 radical (unpaired) electrons. The first-order chi connectivity index (χ1) is 20.3. The quantitative estimate of drug-likeness (QED) is 0.313. The lowest BCUT2D eigenvalue weighted by Crippen LogP contribution is -2.65. The smallest absolute Gasteiger partial charge is 0.368 e. The largest absolute Gasteiger partial charge is 0.471 e. The van der Waals surface area contributed by atoms with Crippen LogP contribution in [0.3, 0.4) is 0 Å². The van der Waals surface area contributed by atoms with Gasteiger partial charge in [-0.2, -0.15) is 13.2 Å². The summed E-state index contributed by atoms with van der Waals surface area (Å²) in [6, 6.07) is -3.63. The average Bonchev–Trinajstić information content (AvgIpc) is 3.65. The number of halogens is 3. The van der Waals surface area contributed by atoms with E-state index in [9.17, 15) is 37.1 Å². The van der Waals surface area contributed by atoms with Crippen LogP contribution in [0.4, 0.5) is 13.2 Å². The number of likely N-dealkylation sites (tertiary alicyclic amines) is 1. The molecule has 5 amide bonds. The Kier molecular flexibility index (Phi) is 8.13. The summed E-state index contributed by atoms with van der Waals surface area (Å²) in [5.41, 5.74) is 4.80. The van der Waals surface area contributed by atoms with E-state index < -0.39 is 63.3 Å². The maximum Gasteiger partial charge on any atom is 0.471 e. The minimum Gasteiger partial charge on any atom is -0.368 e. The Morgan fingerprint density at radius 2 is 1.60 bits per heavy atom. The van der Waals surface area contributed by atoms with E-state index in [1.165, 1.54) is 4.90 Å². The molecule has 0 aromatic carbocycles. The second-order valence-corrected chi connectivity index (χ2v) is 16.7. The second kappa shape index (κ2) is 11.3. The van der Waals surface area contributed by atoms with Gasteiger partial charge in [0.05, 0.1) is 4.08 Å². The molecule has 3 saturated heterocycles. The Hall–Kier alpha value is -2.16. The summed E-state index contributed by atoms with van der Waals surface area (Å²) < 4.78 is 40.3. The first-order valence-corrected chi connectivity index (χ1v) is 17.1. The van der Waals surface area contributed by atoms with E-state index in [-0.39, 0.29) is 25.3 Å². The summed E-state index contributed by atoms with van der Waals surface area (Å²) in [5.74, 6) is -2.48. The molecule has 0 aromatic heterocycles. The summed E-state index contributed by atoms with van der Waals surface area (Å²) in [5, 5.41) is 7.48. The number of nitrogens with two attached hydrogens (primary N) is 1. The zero-order valence-electron chi connectivity index (χ0n) is 23.8. The fraction of sp³-hybridized carbons (Fsp3) is 0.821. The molecule has 7 rings (SSSR count). The zero-order valence-corrected chi connectivity index (χ0v) is 25.4. The van der Waals surface area contributed by atoms with Crippen LogP contribution in [0.1, 0.15) is 57.8 Å². The van der Waals surface area contributed by atoms with Gasteiger partial charge < -0.3 is 26.6 Å². The average molecular weight is 646 g/mol. The van der Waals surface area contributed by atoms with Crippen LogP contribution in [-0.2, 0) is 24.0 Å². The SMILES string of the molecule is NC(=O)[C@H](C[C@@H]1CCNC1=O)NC(=O)[C@@H]1CC2(CN1C(=O)[C@@H](NC(=O)C(F)(F)F)C13CC4CC(CC(C4)C1)C3)SCCS2. The van der Waals surface area contributed by atoms with Gasteiger partial charge in [0.15, 0.2) is 0 Å². The molecule has 3 heterocycles. The number of carbonyl (C=O) groups excluding carboxylic acids is 5. The highest BCUT2D eigenvalue weighted by Crippen LogP contribution is 2.62. The van der Waals surface area contributed by atoms with E-state index in [2.05, 4.69) is 16.0 Å². The van der Waals surface area contributed by atoms with Crippen LogP contribution in [0.5, 0.6) is 0 Å². The van der Waals surface area contributed by atoms with E-state index in [4.69, 9.17) is 5.73 Å². The summed E-state index contributed by atoms with van der Waals surface area (Å²) in [4.78, 5) is 66.5. The predicted molar refractivity (Wildman–Crippen MR) is 153 cm³/mol. The lowest BCUT2D eigenvalue weighted by atomic mass is 9.47. The third-order valence-corrected chi connectivity index (χ3v) is 13.9. The summed E-state index contributed by atoms with van der Waals surface area (Å²) in [6.07, 6.45) is 0.275. The molecule has 7 aliphatic rings. The number of amides is 5. The molecule has 15 heteroatoms. The molecule has 5 N–H and O–H groups in total. The molecule has 1 spiro atoms. The van der Waals surface area contributed by atoms with Gasteiger partial charge in [-0.05, 0) is 69.1 Å². The fourth-order valence-corrected chi connectivity index (χ4v) is 12.3. The highest BCUT2D eigenvalue weighted by Gasteiger charge is 2.60. The monoisotopic (exact) mass is 645 g/mol. The second-order valence-electron chi connectivity index (χ2n) is 13.5. The highest BCUT2D eigenvalue weighted by molar-refractivity contribution is 8.21. The number of alkyl halides is 3. The standard InChI is InChI=1S/C28H38F3N5O5S2/c29-28(30,31)25(41)35-20(26-9-14-5-15(10-26)7-16(6-14)11-26)24(40)36-13-27(42-3-4-43-27)12-19(36)23(39)34-18(21(32)37)8-17-1-2-33-22(17)38/h14-20H,1-13H2,(H2,32,37)(H,33,38)(H,34,39)(H,35,41)/t14?,15?,16?,17-,18-,19-,20+,26?/m0/s1. The number of rotatable bonds is 8. The van der Waals surface area contributed by atoms with E-state index in [1.54, 1.807) is 23.5 Å². The predicted octanol–water partition coefficient (Wildman–Crippen LogP) is 1.52. The number of nitrogens with one attached hydrogen (secondary N) is 3. The third-order valence-electron chi connectivity index (χ3n) is 10.5. The van der Waals surface area contributed by atoms with Crippen LogP contribution in [0.2, 0.25) is 0 Å². The molecule has 4 atom stereocenters. The first-order valence-electron chi connectivity index (χ1n) is 15.1. The number of hydrogen-bond acceptors (Lipinski definition) is 7. The van der Waals surface area contributed by atoms with Gasteiger partial charge in [0.25, 0.3) is 0 Å². The summed E-state index contributed by atoms with van der Waals surface area (Å²) in [6.45, 7) is 0.594. The van der Waals surface area contributed by atoms with Gasteiger partial charge in [-0.3, -0.25) is 24.0 Å².